The third-order valence-corrected chi connectivity index (χ3v) is 3.97. The number of hydrogen-bond donors (Lipinski definition) is 0. The predicted molar refractivity (Wildman–Crippen MR) is 85.3 cm³/mol. The van der Waals surface area contributed by atoms with E-state index in [4.69, 9.17) is 4.74 Å². The lowest BCUT2D eigenvalue weighted by molar-refractivity contribution is -0.157. The largest absolute Gasteiger partial charge is 0.451 e. The average molecular weight is 348 g/mol. The molecule has 2 aromatic rings. The van der Waals surface area contributed by atoms with Crippen LogP contribution in [-0.4, -0.2) is 38.9 Å². The Morgan fingerprint density at radius 3 is 2.68 bits per heavy atom. The molecule has 0 bridgehead atoms. The number of carbonyl (C=O) groups is 2. The van der Waals surface area contributed by atoms with Crippen molar-refractivity contribution < 1.29 is 18.7 Å². The summed E-state index contributed by atoms with van der Waals surface area (Å²) < 4.78 is 20.5. The SMILES string of the molecule is Cn1cnn(CC(=O)OC2CCCN(c3ccc(F)cc3)C2=O)c1=O. The van der Waals surface area contributed by atoms with E-state index in [9.17, 15) is 18.8 Å². The van der Waals surface area contributed by atoms with Gasteiger partial charge in [-0.3, -0.25) is 14.2 Å². The lowest BCUT2D eigenvalue weighted by Gasteiger charge is -2.31. The molecule has 1 saturated heterocycles. The topological polar surface area (TPSA) is 86.4 Å². The molecule has 2 heterocycles. The Labute approximate surface area is 142 Å². The minimum absolute atomic E-state index is 0.361. The molecule has 1 aromatic carbocycles. The molecule has 0 radical (unpaired) electrons. The van der Waals surface area contributed by atoms with Gasteiger partial charge in [0.2, 0.25) is 0 Å². The number of aromatic nitrogens is 3. The van der Waals surface area contributed by atoms with E-state index in [1.165, 1.54) is 47.1 Å². The molecular formula is C16H17FN4O4. The van der Waals surface area contributed by atoms with Gasteiger partial charge in [0.15, 0.2) is 6.10 Å². The number of aryl methyl sites for hydroxylation is 1. The van der Waals surface area contributed by atoms with Crippen LogP contribution in [0.15, 0.2) is 35.4 Å². The maximum absolute atomic E-state index is 13.0. The number of esters is 1. The molecule has 8 nitrogen and oxygen atoms in total. The molecular weight excluding hydrogens is 331 g/mol. The normalized spacial score (nSPS) is 17.6. The molecule has 1 amide bonds. The summed E-state index contributed by atoms with van der Waals surface area (Å²) in [5.41, 5.74) is 0.105. The number of hydrogen-bond acceptors (Lipinski definition) is 5. The standard InChI is InChI=1S/C16H17FN4O4/c1-19-10-18-21(16(19)24)9-14(22)25-13-3-2-8-20(15(13)23)12-6-4-11(17)5-7-12/h4-7,10,13H,2-3,8-9H2,1H3. The Morgan fingerprint density at radius 1 is 1.32 bits per heavy atom. The first-order valence-electron chi connectivity index (χ1n) is 7.80. The number of rotatable bonds is 4. The van der Waals surface area contributed by atoms with Crippen molar-refractivity contribution in [1.82, 2.24) is 14.3 Å². The van der Waals surface area contributed by atoms with E-state index in [1.54, 1.807) is 0 Å². The first-order valence-corrected chi connectivity index (χ1v) is 7.80. The molecule has 132 valence electrons. The number of ether oxygens (including phenoxy) is 1. The molecule has 0 aliphatic carbocycles. The maximum Gasteiger partial charge on any atom is 0.345 e. The highest BCUT2D eigenvalue weighted by Gasteiger charge is 2.32. The van der Waals surface area contributed by atoms with Crippen LogP contribution in [0, 0.1) is 5.82 Å². The van der Waals surface area contributed by atoms with Crippen molar-refractivity contribution in [2.24, 2.45) is 7.05 Å². The zero-order valence-electron chi connectivity index (χ0n) is 13.6. The van der Waals surface area contributed by atoms with E-state index in [0.717, 1.165) is 4.68 Å². The van der Waals surface area contributed by atoms with Crippen molar-refractivity contribution in [1.29, 1.82) is 0 Å². The Bertz CT molecular complexity index is 843. The van der Waals surface area contributed by atoms with Gasteiger partial charge in [0.25, 0.3) is 5.91 Å². The molecule has 1 aromatic heterocycles. The van der Waals surface area contributed by atoms with Crippen molar-refractivity contribution in [3.05, 3.63) is 46.9 Å². The zero-order chi connectivity index (χ0) is 18.0. The van der Waals surface area contributed by atoms with E-state index < -0.39 is 23.6 Å². The fourth-order valence-electron chi connectivity index (χ4n) is 2.68. The zero-order valence-corrected chi connectivity index (χ0v) is 13.6. The van der Waals surface area contributed by atoms with E-state index in [-0.39, 0.29) is 12.5 Å². The molecule has 0 saturated carbocycles. The Balaban J connectivity index is 1.66. The van der Waals surface area contributed by atoms with Crippen molar-refractivity contribution in [2.75, 3.05) is 11.4 Å². The van der Waals surface area contributed by atoms with Crippen molar-refractivity contribution in [2.45, 2.75) is 25.5 Å². The first kappa shape index (κ1) is 16.9. The average Bonchev–Trinajstić information content (AvgIpc) is 2.90. The van der Waals surface area contributed by atoms with Crippen LogP contribution >= 0.6 is 0 Å². The van der Waals surface area contributed by atoms with Gasteiger partial charge in [-0.1, -0.05) is 0 Å². The summed E-state index contributed by atoms with van der Waals surface area (Å²) in [5.74, 6) is -1.46. The second-order valence-electron chi connectivity index (χ2n) is 5.77. The molecule has 3 rings (SSSR count). The molecule has 1 aliphatic heterocycles. The summed E-state index contributed by atoms with van der Waals surface area (Å²) >= 11 is 0. The summed E-state index contributed by atoms with van der Waals surface area (Å²) in [6.07, 6.45) is 1.41. The third-order valence-electron chi connectivity index (χ3n) is 3.97. The molecule has 0 N–H and O–H groups in total. The Kier molecular flexibility index (Phi) is 4.64. The number of amides is 1. The van der Waals surface area contributed by atoms with Crippen molar-refractivity contribution >= 4 is 17.6 Å². The number of piperidine rings is 1. The summed E-state index contributed by atoms with van der Waals surface area (Å²) in [6.45, 7) is 0.109. The minimum atomic E-state index is -0.925. The van der Waals surface area contributed by atoms with E-state index in [0.29, 0.717) is 25.1 Å². The van der Waals surface area contributed by atoms with E-state index in [2.05, 4.69) is 5.10 Å². The molecule has 1 unspecified atom stereocenters. The van der Waals surface area contributed by atoms with Gasteiger partial charge in [-0.05, 0) is 37.1 Å². The number of benzene rings is 1. The van der Waals surface area contributed by atoms with E-state index >= 15 is 0 Å². The number of carbonyl (C=O) groups excluding carboxylic acids is 2. The summed E-state index contributed by atoms with van der Waals surface area (Å²) in [6, 6.07) is 5.55. The second-order valence-corrected chi connectivity index (χ2v) is 5.77. The molecule has 25 heavy (non-hydrogen) atoms. The van der Waals surface area contributed by atoms with Crippen LogP contribution in [0.2, 0.25) is 0 Å². The summed E-state index contributed by atoms with van der Waals surface area (Å²) in [4.78, 5) is 37.7. The lowest BCUT2D eigenvalue weighted by atomic mass is 10.1. The van der Waals surface area contributed by atoms with Gasteiger partial charge in [0.05, 0.1) is 0 Å². The fraction of sp³-hybridized carbons (Fsp3) is 0.375. The van der Waals surface area contributed by atoms with Crippen LogP contribution in [0.3, 0.4) is 0 Å². The molecule has 1 fully saturated rings. The minimum Gasteiger partial charge on any atom is -0.451 e. The molecule has 1 aliphatic rings. The highest BCUT2D eigenvalue weighted by atomic mass is 19.1. The van der Waals surface area contributed by atoms with E-state index in [1.807, 2.05) is 0 Å². The van der Waals surface area contributed by atoms with Gasteiger partial charge in [-0.15, -0.1) is 0 Å². The van der Waals surface area contributed by atoms with Crippen LogP contribution in [0.4, 0.5) is 10.1 Å². The lowest BCUT2D eigenvalue weighted by Crippen LogP contribution is -2.46. The quantitative estimate of drug-likeness (QED) is 0.749. The van der Waals surface area contributed by atoms with Gasteiger partial charge in [0.1, 0.15) is 18.7 Å². The van der Waals surface area contributed by atoms with Crippen LogP contribution in [0.1, 0.15) is 12.8 Å². The summed E-state index contributed by atoms with van der Waals surface area (Å²) in [5, 5.41) is 3.77. The number of nitrogens with zero attached hydrogens (tertiary/aromatic N) is 4. The van der Waals surface area contributed by atoms with Gasteiger partial charge in [-0.2, -0.15) is 5.10 Å². The van der Waals surface area contributed by atoms with Crippen LogP contribution in [0.25, 0.3) is 0 Å². The predicted octanol–water partition coefficient (Wildman–Crippen LogP) is 0.460. The Hall–Kier alpha value is -2.97. The van der Waals surface area contributed by atoms with Gasteiger partial charge < -0.3 is 9.64 Å². The molecule has 9 heteroatoms. The van der Waals surface area contributed by atoms with Crippen molar-refractivity contribution in [3.8, 4) is 0 Å². The second kappa shape index (κ2) is 6.88. The van der Waals surface area contributed by atoms with Gasteiger partial charge in [0, 0.05) is 19.3 Å². The number of halogens is 1. The summed E-state index contributed by atoms with van der Waals surface area (Å²) in [7, 11) is 1.52. The molecule has 0 spiro atoms. The third kappa shape index (κ3) is 3.59. The monoisotopic (exact) mass is 348 g/mol. The van der Waals surface area contributed by atoms with Crippen LogP contribution < -0.4 is 10.6 Å². The maximum atomic E-state index is 13.0. The number of anilines is 1. The van der Waals surface area contributed by atoms with Gasteiger partial charge in [-0.25, -0.2) is 13.9 Å². The van der Waals surface area contributed by atoms with Crippen LogP contribution in [0.5, 0.6) is 0 Å². The smallest absolute Gasteiger partial charge is 0.345 e. The van der Waals surface area contributed by atoms with Gasteiger partial charge >= 0.3 is 11.7 Å². The Morgan fingerprint density at radius 2 is 2.04 bits per heavy atom. The highest BCUT2D eigenvalue weighted by Crippen LogP contribution is 2.23. The fourth-order valence-corrected chi connectivity index (χ4v) is 2.68. The molecule has 1 atom stereocenters. The van der Waals surface area contributed by atoms with Crippen LogP contribution in [-0.2, 0) is 27.9 Å². The highest BCUT2D eigenvalue weighted by molar-refractivity contribution is 5.98. The van der Waals surface area contributed by atoms with Crippen molar-refractivity contribution in [3.63, 3.8) is 0 Å². The first-order chi connectivity index (χ1) is 12.0.